The van der Waals surface area contributed by atoms with E-state index in [1.165, 1.54) is 12.8 Å². The Morgan fingerprint density at radius 2 is 1.90 bits per heavy atom. The lowest BCUT2D eigenvalue weighted by molar-refractivity contribution is 0.338. The number of methoxy groups -OCH3 is 2. The molecule has 0 atom stereocenters. The molecule has 0 unspecified atom stereocenters. The summed E-state index contributed by atoms with van der Waals surface area (Å²) >= 11 is 6.68. The van der Waals surface area contributed by atoms with E-state index in [4.69, 9.17) is 21.1 Å². The average molecular weight is 312 g/mol. The first-order valence-electron chi connectivity index (χ1n) is 7.72. The summed E-state index contributed by atoms with van der Waals surface area (Å²) in [5.41, 5.74) is 2.24. The van der Waals surface area contributed by atoms with Gasteiger partial charge in [0.05, 0.1) is 19.2 Å². The van der Waals surface area contributed by atoms with Gasteiger partial charge in [-0.2, -0.15) is 0 Å². The third-order valence-electron chi connectivity index (χ3n) is 4.30. The maximum absolute atomic E-state index is 6.68. The van der Waals surface area contributed by atoms with Gasteiger partial charge in [-0.15, -0.1) is 0 Å². The number of rotatable bonds is 5. The Balaban J connectivity index is 2.41. The van der Waals surface area contributed by atoms with Crippen molar-refractivity contribution in [3.63, 3.8) is 0 Å². The molecule has 0 amide bonds. The summed E-state index contributed by atoms with van der Waals surface area (Å²) in [6, 6.07) is 2.01. The number of ether oxygens (including phenoxy) is 2. The topological polar surface area (TPSA) is 30.5 Å². The monoisotopic (exact) mass is 311 g/mol. The molecule has 1 aliphatic heterocycles. The second-order valence-electron chi connectivity index (χ2n) is 6.05. The van der Waals surface area contributed by atoms with Crippen LogP contribution in [0.2, 0.25) is 5.02 Å². The first-order valence-corrected chi connectivity index (χ1v) is 8.10. The lowest BCUT2D eigenvalue weighted by Crippen LogP contribution is -2.28. The van der Waals surface area contributed by atoms with E-state index in [2.05, 4.69) is 19.2 Å². The number of piperidine rings is 1. The first-order chi connectivity index (χ1) is 10.1. The van der Waals surface area contributed by atoms with Crippen LogP contribution in [0.25, 0.3) is 0 Å². The average Bonchev–Trinajstić information content (AvgIpc) is 2.49. The van der Waals surface area contributed by atoms with Gasteiger partial charge in [0.1, 0.15) is 0 Å². The van der Waals surface area contributed by atoms with Crippen molar-refractivity contribution < 1.29 is 9.47 Å². The molecule has 1 aromatic rings. The first kappa shape index (κ1) is 16.4. The zero-order valence-corrected chi connectivity index (χ0v) is 14.2. The van der Waals surface area contributed by atoms with Crippen molar-refractivity contribution in [1.29, 1.82) is 0 Å². The molecule has 2 rings (SSSR count). The standard InChI is InChI=1S/C17H26ClNO2/c1-11(2)13-10-15(20-3)17(21-4)14(16(13)18)9-12-5-7-19-8-6-12/h10-12,19H,5-9H2,1-4H3. The quantitative estimate of drug-likeness (QED) is 0.891. The van der Waals surface area contributed by atoms with E-state index < -0.39 is 0 Å². The van der Waals surface area contributed by atoms with Gasteiger partial charge >= 0.3 is 0 Å². The van der Waals surface area contributed by atoms with E-state index >= 15 is 0 Å². The van der Waals surface area contributed by atoms with Gasteiger partial charge in [-0.25, -0.2) is 0 Å². The van der Waals surface area contributed by atoms with Gasteiger partial charge in [-0.1, -0.05) is 25.4 Å². The number of hydrogen-bond donors (Lipinski definition) is 1. The molecule has 3 nitrogen and oxygen atoms in total. The zero-order chi connectivity index (χ0) is 15.4. The minimum atomic E-state index is 0.365. The van der Waals surface area contributed by atoms with Crippen LogP contribution >= 0.6 is 11.6 Å². The second-order valence-corrected chi connectivity index (χ2v) is 6.42. The summed E-state index contributed by atoms with van der Waals surface area (Å²) in [5, 5.41) is 4.26. The molecule has 0 aliphatic carbocycles. The summed E-state index contributed by atoms with van der Waals surface area (Å²) in [5.74, 6) is 2.61. The highest BCUT2D eigenvalue weighted by molar-refractivity contribution is 6.32. The molecule has 0 bridgehead atoms. The summed E-state index contributed by atoms with van der Waals surface area (Å²) in [7, 11) is 3.37. The largest absolute Gasteiger partial charge is 0.493 e. The summed E-state index contributed by atoms with van der Waals surface area (Å²) in [6.45, 7) is 6.49. The molecule has 118 valence electrons. The number of hydrogen-bond acceptors (Lipinski definition) is 3. The molecule has 1 aromatic carbocycles. The summed E-state index contributed by atoms with van der Waals surface area (Å²) in [4.78, 5) is 0. The highest BCUT2D eigenvalue weighted by Crippen LogP contribution is 2.42. The van der Waals surface area contributed by atoms with Crippen molar-refractivity contribution in [2.24, 2.45) is 5.92 Å². The van der Waals surface area contributed by atoms with Crippen LogP contribution in [-0.2, 0) is 6.42 Å². The number of benzene rings is 1. The van der Waals surface area contributed by atoms with E-state index in [1.54, 1.807) is 14.2 Å². The molecule has 0 spiro atoms. The molecule has 1 heterocycles. The maximum atomic E-state index is 6.68. The highest BCUT2D eigenvalue weighted by atomic mass is 35.5. The molecule has 1 fully saturated rings. The lowest BCUT2D eigenvalue weighted by Gasteiger charge is -2.25. The van der Waals surface area contributed by atoms with Crippen LogP contribution in [0.4, 0.5) is 0 Å². The molecule has 1 aliphatic rings. The Kier molecular flexibility index (Phi) is 5.77. The third kappa shape index (κ3) is 3.64. The van der Waals surface area contributed by atoms with Crippen molar-refractivity contribution in [3.05, 3.63) is 22.2 Å². The Bertz CT molecular complexity index is 482. The Hall–Kier alpha value is -0.930. The van der Waals surface area contributed by atoms with Crippen LogP contribution in [0.1, 0.15) is 43.7 Å². The maximum Gasteiger partial charge on any atom is 0.165 e. The minimum Gasteiger partial charge on any atom is -0.493 e. The fourth-order valence-corrected chi connectivity index (χ4v) is 3.48. The Morgan fingerprint density at radius 3 is 2.43 bits per heavy atom. The van der Waals surface area contributed by atoms with Gasteiger partial charge in [-0.05, 0) is 55.8 Å². The van der Waals surface area contributed by atoms with Gasteiger partial charge in [0.15, 0.2) is 11.5 Å². The van der Waals surface area contributed by atoms with E-state index in [0.29, 0.717) is 11.8 Å². The molecule has 0 aromatic heterocycles. The predicted molar refractivity (Wildman–Crippen MR) is 87.9 cm³/mol. The van der Waals surface area contributed by atoms with Gasteiger partial charge in [0.2, 0.25) is 0 Å². The second kappa shape index (κ2) is 7.37. The predicted octanol–water partition coefficient (Wildman–Crippen LogP) is 4.02. The fraction of sp³-hybridized carbons (Fsp3) is 0.647. The van der Waals surface area contributed by atoms with Crippen LogP contribution in [0.15, 0.2) is 6.07 Å². The third-order valence-corrected chi connectivity index (χ3v) is 4.75. The van der Waals surface area contributed by atoms with Gasteiger partial charge in [-0.3, -0.25) is 0 Å². The molecular weight excluding hydrogens is 286 g/mol. The van der Waals surface area contributed by atoms with Crippen LogP contribution in [0.5, 0.6) is 11.5 Å². The molecule has 0 radical (unpaired) electrons. The van der Waals surface area contributed by atoms with E-state index in [9.17, 15) is 0 Å². The fourth-order valence-electron chi connectivity index (χ4n) is 3.05. The summed E-state index contributed by atoms with van der Waals surface area (Å²) in [6.07, 6.45) is 3.34. The molecule has 0 saturated carbocycles. The lowest BCUT2D eigenvalue weighted by atomic mass is 9.88. The van der Waals surface area contributed by atoms with E-state index in [0.717, 1.165) is 47.2 Å². The number of nitrogens with one attached hydrogen (secondary N) is 1. The molecular formula is C17H26ClNO2. The normalized spacial score (nSPS) is 16.3. The van der Waals surface area contributed by atoms with Crippen LogP contribution in [0, 0.1) is 5.92 Å². The molecule has 21 heavy (non-hydrogen) atoms. The van der Waals surface area contributed by atoms with E-state index in [1.807, 2.05) is 6.07 Å². The van der Waals surface area contributed by atoms with Crippen LogP contribution in [-0.4, -0.2) is 27.3 Å². The van der Waals surface area contributed by atoms with Crippen molar-refractivity contribution in [1.82, 2.24) is 5.32 Å². The zero-order valence-electron chi connectivity index (χ0n) is 13.5. The molecule has 1 N–H and O–H groups in total. The van der Waals surface area contributed by atoms with Gasteiger partial charge in [0.25, 0.3) is 0 Å². The van der Waals surface area contributed by atoms with E-state index in [-0.39, 0.29) is 0 Å². The Morgan fingerprint density at radius 1 is 1.24 bits per heavy atom. The van der Waals surface area contributed by atoms with Gasteiger partial charge < -0.3 is 14.8 Å². The number of halogens is 1. The Labute approximate surface area is 133 Å². The highest BCUT2D eigenvalue weighted by Gasteiger charge is 2.23. The SMILES string of the molecule is COc1cc(C(C)C)c(Cl)c(CC2CCNCC2)c1OC. The van der Waals surface area contributed by atoms with Crippen molar-refractivity contribution >= 4 is 11.6 Å². The smallest absolute Gasteiger partial charge is 0.165 e. The molecule has 1 saturated heterocycles. The van der Waals surface area contributed by atoms with Crippen LogP contribution in [0.3, 0.4) is 0 Å². The van der Waals surface area contributed by atoms with Crippen molar-refractivity contribution in [2.45, 2.75) is 39.0 Å². The van der Waals surface area contributed by atoms with Crippen molar-refractivity contribution in [3.8, 4) is 11.5 Å². The van der Waals surface area contributed by atoms with Gasteiger partial charge in [0, 0.05) is 5.56 Å². The molecule has 4 heteroatoms. The van der Waals surface area contributed by atoms with Crippen molar-refractivity contribution in [2.75, 3.05) is 27.3 Å². The summed E-state index contributed by atoms with van der Waals surface area (Å²) < 4.78 is 11.1. The van der Waals surface area contributed by atoms with Crippen LogP contribution < -0.4 is 14.8 Å². The minimum absolute atomic E-state index is 0.365.